The second-order valence-electron chi connectivity index (χ2n) is 6.38. The zero-order valence-corrected chi connectivity index (χ0v) is 15.1. The lowest BCUT2D eigenvalue weighted by atomic mass is 10.0. The molecule has 27 heavy (non-hydrogen) atoms. The molecule has 1 fully saturated rings. The number of aromatic nitrogens is 1. The molecule has 1 aliphatic rings. The Kier molecular flexibility index (Phi) is 5.97. The van der Waals surface area contributed by atoms with E-state index in [1.807, 2.05) is 30.3 Å². The SMILES string of the molecule is Cc1nc(NC(Cc2ccccc2)C(=O)N2CCOCC2)ccc1[N+](=O)[O-]. The van der Waals surface area contributed by atoms with Gasteiger partial charge in [-0.25, -0.2) is 4.98 Å². The molecular weight excluding hydrogens is 348 g/mol. The molecule has 1 aromatic carbocycles. The van der Waals surface area contributed by atoms with Gasteiger partial charge in [0.1, 0.15) is 17.6 Å². The van der Waals surface area contributed by atoms with Crippen molar-refractivity contribution in [1.82, 2.24) is 9.88 Å². The summed E-state index contributed by atoms with van der Waals surface area (Å²) in [6.07, 6.45) is 0.495. The van der Waals surface area contributed by atoms with Gasteiger partial charge in [-0.2, -0.15) is 0 Å². The van der Waals surface area contributed by atoms with Gasteiger partial charge in [-0.1, -0.05) is 30.3 Å². The molecule has 8 nitrogen and oxygen atoms in total. The third-order valence-electron chi connectivity index (χ3n) is 4.48. The highest BCUT2D eigenvalue weighted by atomic mass is 16.6. The number of carbonyl (C=O) groups is 1. The van der Waals surface area contributed by atoms with Gasteiger partial charge < -0.3 is 15.0 Å². The average Bonchev–Trinajstić information content (AvgIpc) is 2.68. The number of anilines is 1. The molecule has 0 aliphatic carbocycles. The van der Waals surface area contributed by atoms with E-state index in [-0.39, 0.29) is 11.6 Å². The fourth-order valence-electron chi connectivity index (χ4n) is 3.06. The number of carbonyl (C=O) groups excluding carboxylic acids is 1. The highest BCUT2D eigenvalue weighted by Gasteiger charge is 2.26. The number of rotatable bonds is 6. The maximum atomic E-state index is 13.0. The number of nitro groups is 1. The van der Waals surface area contributed by atoms with E-state index in [9.17, 15) is 14.9 Å². The van der Waals surface area contributed by atoms with Crippen molar-refractivity contribution in [3.63, 3.8) is 0 Å². The van der Waals surface area contributed by atoms with Crippen molar-refractivity contribution in [3.8, 4) is 0 Å². The molecule has 0 radical (unpaired) electrons. The van der Waals surface area contributed by atoms with Crippen LogP contribution in [0.2, 0.25) is 0 Å². The molecule has 8 heteroatoms. The number of hydrogen-bond acceptors (Lipinski definition) is 6. The van der Waals surface area contributed by atoms with Crippen molar-refractivity contribution < 1.29 is 14.5 Å². The van der Waals surface area contributed by atoms with E-state index >= 15 is 0 Å². The Labute approximate surface area is 157 Å². The molecule has 1 amide bonds. The van der Waals surface area contributed by atoms with Crippen molar-refractivity contribution in [3.05, 3.63) is 63.8 Å². The highest BCUT2D eigenvalue weighted by Crippen LogP contribution is 2.19. The van der Waals surface area contributed by atoms with Crippen molar-refractivity contribution in [2.75, 3.05) is 31.6 Å². The Balaban J connectivity index is 1.81. The minimum atomic E-state index is -0.515. The van der Waals surface area contributed by atoms with Crippen molar-refractivity contribution >= 4 is 17.4 Å². The van der Waals surface area contributed by atoms with Crippen LogP contribution >= 0.6 is 0 Å². The first-order valence-electron chi connectivity index (χ1n) is 8.83. The zero-order valence-electron chi connectivity index (χ0n) is 15.1. The van der Waals surface area contributed by atoms with Crippen molar-refractivity contribution in [2.45, 2.75) is 19.4 Å². The number of amides is 1. The maximum absolute atomic E-state index is 13.0. The third kappa shape index (κ3) is 4.79. The van der Waals surface area contributed by atoms with Crippen LogP contribution < -0.4 is 5.32 Å². The molecule has 2 aromatic rings. The molecule has 3 rings (SSSR count). The van der Waals surface area contributed by atoms with E-state index in [0.717, 1.165) is 5.56 Å². The van der Waals surface area contributed by atoms with Crippen LogP contribution in [0.5, 0.6) is 0 Å². The second kappa shape index (κ2) is 8.59. The standard InChI is InChI=1S/C19H22N4O4/c1-14-17(23(25)26)7-8-18(20-14)21-16(13-15-5-3-2-4-6-15)19(24)22-9-11-27-12-10-22/h2-8,16H,9-13H2,1H3,(H,20,21). The van der Waals surface area contributed by atoms with Crippen LogP contribution in [-0.4, -0.2) is 53.1 Å². The summed E-state index contributed by atoms with van der Waals surface area (Å²) in [5, 5.41) is 14.1. The number of pyridine rings is 1. The topological polar surface area (TPSA) is 97.6 Å². The Hall–Kier alpha value is -3.00. The fraction of sp³-hybridized carbons (Fsp3) is 0.368. The molecule has 1 saturated heterocycles. The lowest BCUT2D eigenvalue weighted by molar-refractivity contribution is -0.385. The Morgan fingerprint density at radius 2 is 1.96 bits per heavy atom. The largest absolute Gasteiger partial charge is 0.378 e. The molecule has 1 aliphatic heterocycles. The van der Waals surface area contributed by atoms with Crippen LogP contribution in [0.3, 0.4) is 0 Å². The molecule has 0 saturated carbocycles. The second-order valence-corrected chi connectivity index (χ2v) is 6.38. The van der Waals surface area contributed by atoms with Gasteiger partial charge in [-0.05, 0) is 18.6 Å². The monoisotopic (exact) mass is 370 g/mol. The minimum absolute atomic E-state index is 0.0278. The first kappa shape index (κ1) is 18.8. The molecule has 142 valence electrons. The van der Waals surface area contributed by atoms with Gasteiger partial charge in [-0.15, -0.1) is 0 Å². The molecule has 0 spiro atoms. The predicted octanol–water partition coefficient (Wildman–Crippen LogP) is 2.18. The quantitative estimate of drug-likeness (QED) is 0.618. The van der Waals surface area contributed by atoms with E-state index in [1.165, 1.54) is 12.1 Å². The molecule has 1 atom stereocenters. The molecular formula is C19H22N4O4. The maximum Gasteiger partial charge on any atom is 0.290 e. The molecule has 1 unspecified atom stereocenters. The fourth-order valence-corrected chi connectivity index (χ4v) is 3.06. The van der Waals surface area contributed by atoms with Crippen LogP contribution in [0.1, 0.15) is 11.3 Å². The Morgan fingerprint density at radius 1 is 1.26 bits per heavy atom. The number of benzene rings is 1. The lowest BCUT2D eigenvalue weighted by Gasteiger charge is -2.31. The summed E-state index contributed by atoms with van der Waals surface area (Å²) in [5.74, 6) is 0.417. The van der Waals surface area contributed by atoms with Crippen LogP contribution in [0.15, 0.2) is 42.5 Å². The number of aryl methyl sites for hydroxylation is 1. The summed E-state index contributed by atoms with van der Waals surface area (Å²) in [6, 6.07) is 12.2. The minimum Gasteiger partial charge on any atom is -0.378 e. The average molecular weight is 370 g/mol. The van der Waals surface area contributed by atoms with E-state index in [2.05, 4.69) is 10.3 Å². The van der Waals surface area contributed by atoms with Gasteiger partial charge in [-0.3, -0.25) is 14.9 Å². The third-order valence-corrected chi connectivity index (χ3v) is 4.48. The van der Waals surface area contributed by atoms with Gasteiger partial charge in [0.15, 0.2) is 0 Å². The molecule has 1 aromatic heterocycles. The van der Waals surface area contributed by atoms with Gasteiger partial charge in [0, 0.05) is 25.6 Å². The predicted molar refractivity (Wildman–Crippen MR) is 101 cm³/mol. The summed E-state index contributed by atoms with van der Waals surface area (Å²) in [4.78, 5) is 29.6. The van der Waals surface area contributed by atoms with Gasteiger partial charge in [0.05, 0.1) is 18.1 Å². The van der Waals surface area contributed by atoms with Crippen molar-refractivity contribution in [2.24, 2.45) is 0 Å². The summed E-state index contributed by atoms with van der Waals surface area (Å²) >= 11 is 0. The summed E-state index contributed by atoms with van der Waals surface area (Å²) < 4.78 is 5.33. The zero-order chi connectivity index (χ0) is 19.2. The van der Waals surface area contributed by atoms with E-state index in [4.69, 9.17) is 4.74 Å². The number of morpholine rings is 1. The van der Waals surface area contributed by atoms with Gasteiger partial charge in [0.2, 0.25) is 5.91 Å². The summed E-state index contributed by atoms with van der Waals surface area (Å²) in [5.41, 5.74) is 1.29. The number of nitrogens with zero attached hydrogens (tertiary/aromatic N) is 3. The number of nitrogens with one attached hydrogen (secondary N) is 1. The van der Waals surface area contributed by atoms with E-state index < -0.39 is 11.0 Å². The molecule has 0 bridgehead atoms. The Morgan fingerprint density at radius 3 is 2.59 bits per heavy atom. The summed E-state index contributed by atoms with van der Waals surface area (Å²) in [6.45, 7) is 3.74. The summed E-state index contributed by atoms with van der Waals surface area (Å²) in [7, 11) is 0. The number of hydrogen-bond donors (Lipinski definition) is 1. The van der Waals surface area contributed by atoms with E-state index in [1.54, 1.807) is 11.8 Å². The van der Waals surface area contributed by atoms with E-state index in [0.29, 0.717) is 44.2 Å². The lowest BCUT2D eigenvalue weighted by Crippen LogP contribution is -2.48. The number of ether oxygens (including phenoxy) is 1. The van der Waals surface area contributed by atoms with Crippen molar-refractivity contribution in [1.29, 1.82) is 0 Å². The first-order valence-corrected chi connectivity index (χ1v) is 8.83. The Bertz CT molecular complexity index is 807. The highest BCUT2D eigenvalue weighted by molar-refractivity contribution is 5.85. The van der Waals surface area contributed by atoms with Crippen LogP contribution in [0, 0.1) is 17.0 Å². The van der Waals surface area contributed by atoms with Gasteiger partial charge >= 0.3 is 0 Å². The van der Waals surface area contributed by atoms with Crippen LogP contribution in [0.4, 0.5) is 11.5 Å². The molecule has 2 heterocycles. The molecule has 1 N–H and O–H groups in total. The first-order chi connectivity index (χ1) is 13.0. The smallest absolute Gasteiger partial charge is 0.290 e. The van der Waals surface area contributed by atoms with Gasteiger partial charge in [0.25, 0.3) is 5.69 Å². The van der Waals surface area contributed by atoms with Crippen LogP contribution in [-0.2, 0) is 16.0 Å². The van der Waals surface area contributed by atoms with Crippen LogP contribution in [0.25, 0.3) is 0 Å². The normalized spacial score (nSPS) is 15.2.